The van der Waals surface area contributed by atoms with Crippen molar-refractivity contribution < 1.29 is 4.79 Å². The maximum Gasteiger partial charge on any atom is 0.292 e. The van der Waals surface area contributed by atoms with Crippen LogP contribution in [-0.2, 0) is 4.79 Å². The first kappa shape index (κ1) is 20.8. The number of nitrogens with two attached hydrogens (primary N) is 1. The van der Waals surface area contributed by atoms with Crippen LogP contribution in [0.4, 0.5) is 5.69 Å². The number of benzene rings is 2. The van der Waals surface area contributed by atoms with Gasteiger partial charge in [-0.15, -0.1) is 0 Å². The van der Waals surface area contributed by atoms with Crippen LogP contribution in [0, 0.1) is 29.6 Å². The maximum atomic E-state index is 12.6. The van der Waals surface area contributed by atoms with Crippen molar-refractivity contribution in [1.29, 1.82) is 10.5 Å². The second kappa shape index (κ2) is 9.51. The fourth-order valence-corrected chi connectivity index (χ4v) is 3.23. The lowest BCUT2D eigenvalue weighted by Gasteiger charge is -2.23. The molecule has 1 aliphatic heterocycles. The normalized spacial score (nSPS) is 14.4. The standard InChI is InChI=1S/C23H22N6O/c1-17-15-20(28(13-5-11-24)14-6-12-25)10-9-19(17)16-21-23(30)29(26)22(27-21)18-7-3-2-4-8-18/h2-4,7-10,15-16H,5-6,13-14,26H2,1H3/b21-16-. The molecule has 0 unspecified atom stereocenters. The third-order valence-corrected chi connectivity index (χ3v) is 4.82. The fraction of sp³-hybridized carbons (Fsp3) is 0.217. The first-order valence-corrected chi connectivity index (χ1v) is 9.59. The van der Waals surface area contributed by atoms with Crippen LogP contribution in [0.3, 0.4) is 0 Å². The van der Waals surface area contributed by atoms with Gasteiger partial charge in [0.2, 0.25) is 0 Å². The summed E-state index contributed by atoms with van der Waals surface area (Å²) in [6.07, 6.45) is 2.49. The lowest BCUT2D eigenvalue weighted by molar-refractivity contribution is -0.122. The minimum atomic E-state index is -0.359. The molecule has 0 radical (unpaired) electrons. The number of nitriles is 2. The summed E-state index contributed by atoms with van der Waals surface area (Å²) in [5.41, 5.74) is 3.80. The van der Waals surface area contributed by atoms with E-state index in [4.69, 9.17) is 16.4 Å². The van der Waals surface area contributed by atoms with Gasteiger partial charge in [-0.3, -0.25) is 4.79 Å². The van der Waals surface area contributed by atoms with E-state index in [1.165, 1.54) is 0 Å². The Kier molecular flexibility index (Phi) is 6.59. The van der Waals surface area contributed by atoms with Gasteiger partial charge >= 0.3 is 0 Å². The van der Waals surface area contributed by atoms with E-state index in [9.17, 15) is 4.79 Å². The first-order chi connectivity index (χ1) is 14.5. The van der Waals surface area contributed by atoms with Crippen LogP contribution in [0.5, 0.6) is 0 Å². The Morgan fingerprint density at radius 3 is 2.37 bits per heavy atom. The van der Waals surface area contributed by atoms with Crippen LogP contribution in [-0.4, -0.2) is 29.8 Å². The average Bonchev–Trinajstić information content (AvgIpc) is 3.04. The van der Waals surface area contributed by atoms with Crippen molar-refractivity contribution in [1.82, 2.24) is 5.01 Å². The summed E-state index contributed by atoms with van der Waals surface area (Å²) in [5.74, 6) is 6.00. The molecule has 2 N–H and O–H groups in total. The van der Waals surface area contributed by atoms with Crippen LogP contribution in [0.25, 0.3) is 6.08 Å². The van der Waals surface area contributed by atoms with E-state index in [-0.39, 0.29) is 11.6 Å². The SMILES string of the molecule is Cc1cc(N(CCC#N)CCC#N)ccc1/C=C1\N=C(c2ccccc2)N(N)C1=O. The van der Waals surface area contributed by atoms with E-state index >= 15 is 0 Å². The predicted octanol–water partition coefficient (Wildman–Crippen LogP) is 3.13. The number of hydrazine groups is 1. The molecular weight excluding hydrogens is 376 g/mol. The summed E-state index contributed by atoms with van der Waals surface area (Å²) in [5, 5.41) is 18.8. The van der Waals surface area contributed by atoms with Crippen LogP contribution < -0.4 is 10.7 Å². The molecule has 30 heavy (non-hydrogen) atoms. The summed E-state index contributed by atoms with van der Waals surface area (Å²) in [7, 11) is 0. The summed E-state index contributed by atoms with van der Waals surface area (Å²) >= 11 is 0. The number of hydrogen-bond acceptors (Lipinski definition) is 6. The molecule has 1 heterocycles. The number of carbonyl (C=O) groups excluding carboxylic acids is 1. The third-order valence-electron chi connectivity index (χ3n) is 4.82. The molecule has 0 aromatic heterocycles. The van der Waals surface area contributed by atoms with Gasteiger partial charge in [-0.1, -0.05) is 36.4 Å². The lowest BCUT2D eigenvalue weighted by Crippen LogP contribution is -2.38. The van der Waals surface area contributed by atoms with E-state index < -0.39 is 0 Å². The van der Waals surface area contributed by atoms with E-state index in [0.717, 1.165) is 27.4 Å². The molecule has 0 atom stereocenters. The quantitative estimate of drug-likeness (QED) is 0.438. The van der Waals surface area contributed by atoms with Gasteiger partial charge < -0.3 is 4.90 Å². The highest BCUT2D eigenvalue weighted by molar-refractivity contribution is 6.19. The number of rotatable bonds is 7. The van der Waals surface area contributed by atoms with Gasteiger partial charge in [0.05, 0.1) is 25.0 Å². The highest BCUT2D eigenvalue weighted by Crippen LogP contribution is 2.24. The minimum Gasteiger partial charge on any atom is -0.369 e. The minimum absolute atomic E-state index is 0.276. The molecule has 0 saturated carbocycles. The molecule has 0 bridgehead atoms. The van der Waals surface area contributed by atoms with Gasteiger partial charge in [0.25, 0.3) is 5.91 Å². The molecule has 0 saturated heterocycles. The Morgan fingerprint density at radius 1 is 1.10 bits per heavy atom. The summed E-state index contributed by atoms with van der Waals surface area (Å²) in [4.78, 5) is 19.0. The molecule has 0 spiro atoms. The van der Waals surface area contributed by atoms with E-state index in [2.05, 4.69) is 17.1 Å². The number of amides is 1. The second-order valence-electron chi connectivity index (χ2n) is 6.85. The number of anilines is 1. The largest absolute Gasteiger partial charge is 0.369 e. The molecule has 7 nitrogen and oxygen atoms in total. The number of aryl methyl sites for hydroxylation is 1. The molecule has 2 aromatic carbocycles. The summed E-state index contributed by atoms with van der Waals surface area (Å²) in [6.45, 7) is 3.07. The zero-order chi connectivity index (χ0) is 21.5. The number of carbonyl (C=O) groups is 1. The number of nitrogens with zero attached hydrogens (tertiary/aromatic N) is 5. The number of amidine groups is 1. The number of hydrogen-bond donors (Lipinski definition) is 1. The highest BCUT2D eigenvalue weighted by Gasteiger charge is 2.28. The zero-order valence-electron chi connectivity index (χ0n) is 16.7. The fourth-order valence-electron chi connectivity index (χ4n) is 3.23. The van der Waals surface area contributed by atoms with E-state index in [1.807, 2.05) is 60.4 Å². The molecule has 0 aliphatic carbocycles. The Bertz CT molecular complexity index is 1060. The molecule has 150 valence electrons. The third kappa shape index (κ3) is 4.54. The van der Waals surface area contributed by atoms with E-state index in [0.29, 0.717) is 31.8 Å². The molecule has 0 fully saturated rings. The van der Waals surface area contributed by atoms with Crippen molar-refractivity contribution in [2.45, 2.75) is 19.8 Å². The van der Waals surface area contributed by atoms with Crippen molar-refractivity contribution in [3.05, 3.63) is 70.9 Å². The molecule has 2 aromatic rings. The van der Waals surface area contributed by atoms with Crippen molar-refractivity contribution in [3.8, 4) is 12.1 Å². The summed E-state index contributed by atoms with van der Waals surface area (Å²) in [6, 6.07) is 19.4. The molecule has 7 heteroatoms. The Balaban J connectivity index is 1.88. The Labute approximate surface area is 175 Å². The lowest BCUT2D eigenvalue weighted by atomic mass is 10.1. The highest BCUT2D eigenvalue weighted by atomic mass is 16.2. The van der Waals surface area contributed by atoms with Gasteiger partial charge in [-0.05, 0) is 36.3 Å². The predicted molar refractivity (Wildman–Crippen MR) is 116 cm³/mol. The Morgan fingerprint density at radius 2 is 1.77 bits per heavy atom. The zero-order valence-corrected chi connectivity index (χ0v) is 16.7. The first-order valence-electron chi connectivity index (χ1n) is 9.59. The summed E-state index contributed by atoms with van der Waals surface area (Å²) < 4.78 is 0. The van der Waals surface area contributed by atoms with Crippen molar-refractivity contribution >= 4 is 23.5 Å². The Hall–Kier alpha value is -3.94. The number of aliphatic imine (C=N–C) groups is 1. The van der Waals surface area contributed by atoms with Gasteiger partial charge in [-0.25, -0.2) is 15.8 Å². The van der Waals surface area contributed by atoms with E-state index in [1.54, 1.807) is 6.08 Å². The molecule has 3 rings (SSSR count). The van der Waals surface area contributed by atoms with Crippen molar-refractivity contribution in [3.63, 3.8) is 0 Å². The van der Waals surface area contributed by atoms with Gasteiger partial charge in [0, 0.05) is 24.3 Å². The topological polar surface area (TPSA) is 110 Å². The second-order valence-corrected chi connectivity index (χ2v) is 6.85. The molecular formula is C23H22N6O. The van der Waals surface area contributed by atoms with Crippen LogP contribution in [0.1, 0.15) is 29.5 Å². The van der Waals surface area contributed by atoms with Crippen LogP contribution in [0.15, 0.2) is 59.2 Å². The molecule has 1 amide bonds. The van der Waals surface area contributed by atoms with Crippen LogP contribution >= 0.6 is 0 Å². The van der Waals surface area contributed by atoms with Crippen LogP contribution in [0.2, 0.25) is 0 Å². The average molecular weight is 398 g/mol. The van der Waals surface area contributed by atoms with Gasteiger partial charge in [-0.2, -0.15) is 10.5 Å². The smallest absolute Gasteiger partial charge is 0.292 e. The molecule has 1 aliphatic rings. The monoisotopic (exact) mass is 398 g/mol. The maximum absolute atomic E-state index is 12.6. The van der Waals surface area contributed by atoms with Gasteiger partial charge in [0.1, 0.15) is 5.70 Å². The van der Waals surface area contributed by atoms with Crippen molar-refractivity contribution in [2.24, 2.45) is 10.8 Å². The van der Waals surface area contributed by atoms with Crippen molar-refractivity contribution in [2.75, 3.05) is 18.0 Å². The van der Waals surface area contributed by atoms with Gasteiger partial charge in [0.15, 0.2) is 5.84 Å².